The molecule has 2 N–H and O–H groups in total. The Morgan fingerprint density at radius 3 is 2.60 bits per heavy atom. The SMILES string of the molecule is Cn1c(=O)c2cc(C(=O)N3CCC(N)C(C)(C)C3)cnc2n(C)c1=O. The van der Waals surface area contributed by atoms with Crippen LogP contribution in [-0.2, 0) is 14.1 Å². The zero-order valence-electron chi connectivity index (χ0n) is 14.9. The van der Waals surface area contributed by atoms with Gasteiger partial charge in [0, 0.05) is 39.4 Å². The van der Waals surface area contributed by atoms with Crippen molar-refractivity contribution in [1.29, 1.82) is 0 Å². The van der Waals surface area contributed by atoms with E-state index >= 15 is 0 Å². The zero-order valence-corrected chi connectivity index (χ0v) is 14.9. The molecular formula is C17H23N5O3. The second-order valence-electron chi connectivity index (χ2n) is 7.41. The molecule has 134 valence electrons. The van der Waals surface area contributed by atoms with E-state index in [1.807, 2.05) is 13.8 Å². The maximum atomic E-state index is 12.9. The van der Waals surface area contributed by atoms with Crippen molar-refractivity contribution in [3.8, 4) is 0 Å². The van der Waals surface area contributed by atoms with Gasteiger partial charge in [-0.15, -0.1) is 0 Å². The Morgan fingerprint density at radius 1 is 1.28 bits per heavy atom. The van der Waals surface area contributed by atoms with Crippen molar-refractivity contribution in [2.75, 3.05) is 13.1 Å². The number of pyridine rings is 1. The molecule has 3 heterocycles. The number of rotatable bonds is 1. The minimum Gasteiger partial charge on any atom is -0.338 e. The quantitative estimate of drug-likeness (QED) is 0.773. The summed E-state index contributed by atoms with van der Waals surface area (Å²) >= 11 is 0. The van der Waals surface area contributed by atoms with Gasteiger partial charge >= 0.3 is 5.69 Å². The van der Waals surface area contributed by atoms with Crippen LogP contribution in [0.2, 0.25) is 0 Å². The first-order valence-corrected chi connectivity index (χ1v) is 8.24. The van der Waals surface area contributed by atoms with Crippen molar-refractivity contribution < 1.29 is 4.79 Å². The number of fused-ring (bicyclic) bond motifs is 1. The first-order valence-electron chi connectivity index (χ1n) is 8.24. The number of hydrogen-bond acceptors (Lipinski definition) is 5. The third kappa shape index (κ3) is 2.76. The maximum absolute atomic E-state index is 12.9. The summed E-state index contributed by atoms with van der Waals surface area (Å²) in [7, 11) is 2.96. The number of amides is 1. The summed E-state index contributed by atoms with van der Waals surface area (Å²) in [5, 5.41) is 0.253. The number of piperidine rings is 1. The molecule has 8 nitrogen and oxygen atoms in total. The van der Waals surface area contributed by atoms with Gasteiger partial charge in [0.25, 0.3) is 11.5 Å². The minimum atomic E-state index is -0.457. The average Bonchev–Trinajstić information content (AvgIpc) is 2.59. The van der Waals surface area contributed by atoms with Crippen LogP contribution in [0.4, 0.5) is 0 Å². The van der Waals surface area contributed by atoms with Crippen LogP contribution in [0.1, 0.15) is 30.6 Å². The van der Waals surface area contributed by atoms with Gasteiger partial charge in [0.05, 0.1) is 10.9 Å². The zero-order chi connectivity index (χ0) is 18.5. The molecule has 2 aromatic rings. The third-order valence-corrected chi connectivity index (χ3v) is 5.14. The monoisotopic (exact) mass is 345 g/mol. The molecule has 1 aliphatic rings. The van der Waals surface area contributed by atoms with E-state index in [0.717, 1.165) is 11.0 Å². The van der Waals surface area contributed by atoms with Crippen molar-refractivity contribution in [3.63, 3.8) is 0 Å². The third-order valence-electron chi connectivity index (χ3n) is 5.14. The van der Waals surface area contributed by atoms with Gasteiger partial charge in [-0.05, 0) is 17.9 Å². The number of hydrogen-bond donors (Lipinski definition) is 1. The standard InChI is InChI=1S/C17H23N5O3/c1-17(2)9-22(6-5-12(17)18)14(23)10-7-11-13(19-8-10)20(3)16(25)21(4)15(11)24/h7-8,12H,5-6,9,18H2,1-4H3. The van der Waals surface area contributed by atoms with Gasteiger partial charge in [-0.3, -0.25) is 18.7 Å². The smallest absolute Gasteiger partial charge is 0.332 e. The number of carbonyl (C=O) groups is 1. The highest BCUT2D eigenvalue weighted by Gasteiger charge is 2.35. The highest BCUT2D eigenvalue weighted by Crippen LogP contribution is 2.28. The van der Waals surface area contributed by atoms with E-state index in [4.69, 9.17) is 5.73 Å². The molecule has 2 aromatic heterocycles. The fourth-order valence-corrected chi connectivity index (χ4v) is 3.31. The van der Waals surface area contributed by atoms with E-state index in [9.17, 15) is 14.4 Å². The molecule has 0 aromatic carbocycles. The molecule has 3 rings (SSSR count). The van der Waals surface area contributed by atoms with Crippen LogP contribution in [0.3, 0.4) is 0 Å². The van der Waals surface area contributed by atoms with Gasteiger partial charge in [-0.1, -0.05) is 13.8 Å². The molecule has 1 atom stereocenters. The summed E-state index contributed by atoms with van der Waals surface area (Å²) in [4.78, 5) is 43.1. The number of carbonyl (C=O) groups excluding carboxylic acids is 1. The summed E-state index contributed by atoms with van der Waals surface area (Å²) in [5.41, 5.74) is 5.67. The molecule has 1 fully saturated rings. The molecular weight excluding hydrogens is 322 g/mol. The van der Waals surface area contributed by atoms with Crippen molar-refractivity contribution in [1.82, 2.24) is 19.0 Å². The molecule has 0 spiro atoms. The van der Waals surface area contributed by atoms with Crippen LogP contribution in [0, 0.1) is 5.41 Å². The van der Waals surface area contributed by atoms with Crippen LogP contribution in [0.25, 0.3) is 11.0 Å². The van der Waals surface area contributed by atoms with Crippen molar-refractivity contribution in [3.05, 3.63) is 38.7 Å². The fourth-order valence-electron chi connectivity index (χ4n) is 3.31. The van der Waals surface area contributed by atoms with E-state index in [1.165, 1.54) is 23.9 Å². The second-order valence-corrected chi connectivity index (χ2v) is 7.41. The van der Waals surface area contributed by atoms with E-state index in [-0.39, 0.29) is 28.4 Å². The predicted molar refractivity (Wildman–Crippen MR) is 94.5 cm³/mol. The average molecular weight is 345 g/mol. The summed E-state index contributed by atoms with van der Waals surface area (Å²) in [6, 6.07) is 1.57. The van der Waals surface area contributed by atoms with Crippen LogP contribution < -0.4 is 17.0 Å². The van der Waals surface area contributed by atoms with E-state index < -0.39 is 11.2 Å². The maximum Gasteiger partial charge on any atom is 0.332 e. The topological polar surface area (TPSA) is 103 Å². The predicted octanol–water partition coefficient (Wildman–Crippen LogP) is -0.168. The molecule has 0 bridgehead atoms. The summed E-state index contributed by atoms with van der Waals surface area (Å²) in [6.07, 6.45) is 2.15. The normalized spacial score (nSPS) is 20.0. The summed E-state index contributed by atoms with van der Waals surface area (Å²) < 4.78 is 2.31. The largest absolute Gasteiger partial charge is 0.338 e. The Hall–Kier alpha value is -2.48. The Labute approximate surface area is 144 Å². The number of likely N-dealkylation sites (tertiary alicyclic amines) is 1. The molecule has 1 aliphatic heterocycles. The summed E-state index contributed by atoms with van der Waals surface area (Å²) in [6.45, 7) is 5.21. The van der Waals surface area contributed by atoms with Crippen LogP contribution >= 0.6 is 0 Å². The lowest BCUT2D eigenvalue weighted by Gasteiger charge is -2.42. The highest BCUT2D eigenvalue weighted by molar-refractivity contribution is 5.96. The lowest BCUT2D eigenvalue weighted by atomic mass is 9.79. The second kappa shape index (κ2) is 5.80. The number of aromatic nitrogens is 3. The lowest BCUT2D eigenvalue weighted by Crippen LogP contribution is -2.54. The number of nitrogens with zero attached hydrogens (tertiary/aromatic N) is 4. The van der Waals surface area contributed by atoms with Crippen molar-refractivity contribution >= 4 is 16.9 Å². The Balaban J connectivity index is 2.04. The van der Waals surface area contributed by atoms with E-state index in [1.54, 1.807) is 11.9 Å². The number of nitrogens with two attached hydrogens (primary N) is 1. The van der Waals surface area contributed by atoms with Gasteiger partial charge in [0.2, 0.25) is 0 Å². The molecule has 8 heteroatoms. The summed E-state index contributed by atoms with van der Waals surface area (Å²) in [5.74, 6) is -0.176. The van der Waals surface area contributed by atoms with Crippen molar-refractivity contribution in [2.24, 2.45) is 25.2 Å². The Bertz CT molecular complexity index is 973. The van der Waals surface area contributed by atoms with Crippen LogP contribution in [0.15, 0.2) is 21.9 Å². The van der Waals surface area contributed by atoms with Crippen molar-refractivity contribution in [2.45, 2.75) is 26.3 Å². The Kier molecular flexibility index (Phi) is 4.03. The van der Waals surface area contributed by atoms with E-state index in [2.05, 4.69) is 4.98 Å². The van der Waals surface area contributed by atoms with Crippen LogP contribution in [-0.4, -0.2) is 44.1 Å². The molecule has 0 radical (unpaired) electrons. The van der Waals surface area contributed by atoms with Gasteiger partial charge in [0.15, 0.2) is 0 Å². The van der Waals surface area contributed by atoms with Gasteiger partial charge in [-0.25, -0.2) is 9.78 Å². The molecule has 0 aliphatic carbocycles. The van der Waals surface area contributed by atoms with Gasteiger partial charge < -0.3 is 10.6 Å². The molecule has 1 amide bonds. The molecule has 25 heavy (non-hydrogen) atoms. The van der Waals surface area contributed by atoms with Crippen LogP contribution in [0.5, 0.6) is 0 Å². The number of aryl methyl sites for hydroxylation is 1. The molecule has 0 saturated carbocycles. The fraction of sp³-hybridized carbons (Fsp3) is 0.529. The first kappa shape index (κ1) is 17.3. The molecule has 1 unspecified atom stereocenters. The van der Waals surface area contributed by atoms with Gasteiger partial charge in [-0.2, -0.15) is 0 Å². The lowest BCUT2D eigenvalue weighted by molar-refractivity contribution is 0.0533. The first-order chi connectivity index (χ1) is 11.6. The minimum absolute atomic E-state index is 0.0492. The molecule has 1 saturated heterocycles. The van der Waals surface area contributed by atoms with Gasteiger partial charge in [0.1, 0.15) is 5.65 Å². The van der Waals surface area contributed by atoms with E-state index in [0.29, 0.717) is 18.7 Å². The Morgan fingerprint density at radius 2 is 1.96 bits per heavy atom. The highest BCUT2D eigenvalue weighted by atomic mass is 16.2.